The molecule has 0 aromatic heterocycles. The molecule has 0 bridgehead atoms. The van der Waals surface area contributed by atoms with Gasteiger partial charge in [0.05, 0.1) is 13.2 Å². The van der Waals surface area contributed by atoms with Crippen LogP contribution in [-0.4, -0.2) is 52.9 Å². The van der Waals surface area contributed by atoms with Crippen LogP contribution in [0.25, 0.3) is 0 Å². The quantitative estimate of drug-likeness (QED) is 0.443. The molecule has 0 fully saturated rings. The van der Waals surface area contributed by atoms with Crippen LogP contribution in [0, 0.1) is 11.3 Å². The first-order valence-corrected chi connectivity index (χ1v) is 5.74. The van der Waals surface area contributed by atoms with Crippen molar-refractivity contribution in [3.05, 3.63) is 11.8 Å². The summed E-state index contributed by atoms with van der Waals surface area (Å²) >= 11 is 0. The van der Waals surface area contributed by atoms with E-state index in [1.165, 1.54) is 11.1 Å². The molecule has 0 aromatic rings. The largest absolute Gasteiger partial charge is 0.395 e. The normalized spacial score (nSPS) is 11.9. The maximum absolute atomic E-state index is 11.9. The van der Waals surface area contributed by atoms with Gasteiger partial charge in [-0.2, -0.15) is 5.26 Å². The van der Waals surface area contributed by atoms with Gasteiger partial charge in [-0.25, -0.2) is 0 Å². The molecule has 0 rings (SSSR count). The summed E-state index contributed by atoms with van der Waals surface area (Å²) in [5, 5.41) is 29.5. The van der Waals surface area contributed by atoms with Gasteiger partial charge in [0.25, 0.3) is 5.91 Å². The molecule has 0 radical (unpaired) electrons. The van der Waals surface area contributed by atoms with Crippen molar-refractivity contribution in [2.45, 2.75) is 26.3 Å². The van der Waals surface area contributed by atoms with Crippen LogP contribution < -0.4 is 5.32 Å². The van der Waals surface area contributed by atoms with Gasteiger partial charge in [-0.05, 0) is 20.8 Å². The number of nitrogens with one attached hydrogen (secondary N) is 1. The molecule has 0 aliphatic rings. The second-order valence-electron chi connectivity index (χ2n) is 4.80. The standard InChI is InChI=1S/C12H21N3O3/c1-12(2,3)14-9-10(8-13)11(18)15(4-6-16)5-7-17/h9,14,16-17H,4-7H2,1-3H3/b10-9-. The number of aliphatic hydroxyl groups is 2. The number of amides is 1. The molecular weight excluding hydrogens is 234 g/mol. The Balaban J connectivity index is 4.83. The van der Waals surface area contributed by atoms with E-state index in [2.05, 4.69) is 5.32 Å². The van der Waals surface area contributed by atoms with E-state index in [4.69, 9.17) is 15.5 Å². The molecule has 1 amide bonds. The second kappa shape index (κ2) is 7.69. The highest BCUT2D eigenvalue weighted by molar-refractivity contribution is 5.97. The summed E-state index contributed by atoms with van der Waals surface area (Å²) in [7, 11) is 0. The number of hydrogen-bond acceptors (Lipinski definition) is 5. The second-order valence-corrected chi connectivity index (χ2v) is 4.80. The lowest BCUT2D eigenvalue weighted by Gasteiger charge is -2.22. The minimum Gasteiger partial charge on any atom is -0.395 e. The number of hydrogen-bond donors (Lipinski definition) is 3. The van der Waals surface area contributed by atoms with Gasteiger partial charge in [-0.1, -0.05) is 0 Å². The van der Waals surface area contributed by atoms with Gasteiger partial charge in [0.1, 0.15) is 11.6 Å². The van der Waals surface area contributed by atoms with Crippen molar-refractivity contribution in [3.63, 3.8) is 0 Å². The molecule has 0 aliphatic carbocycles. The fourth-order valence-corrected chi connectivity index (χ4v) is 1.16. The zero-order valence-electron chi connectivity index (χ0n) is 11.1. The Labute approximate surface area is 108 Å². The molecule has 18 heavy (non-hydrogen) atoms. The van der Waals surface area contributed by atoms with Crippen molar-refractivity contribution < 1.29 is 15.0 Å². The average molecular weight is 255 g/mol. The van der Waals surface area contributed by atoms with Crippen LogP contribution in [0.15, 0.2) is 11.8 Å². The van der Waals surface area contributed by atoms with E-state index < -0.39 is 5.91 Å². The van der Waals surface area contributed by atoms with E-state index in [0.29, 0.717) is 0 Å². The molecule has 102 valence electrons. The minimum absolute atomic E-state index is 0.0492. The predicted molar refractivity (Wildman–Crippen MR) is 67.3 cm³/mol. The lowest BCUT2D eigenvalue weighted by Crippen LogP contribution is -2.38. The first kappa shape index (κ1) is 16.4. The molecule has 6 nitrogen and oxygen atoms in total. The van der Waals surface area contributed by atoms with Gasteiger partial charge in [-0.3, -0.25) is 4.79 Å². The average Bonchev–Trinajstić information content (AvgIpc) is 2.27. The van der Waals surface area contributed by atoms with E-state index in [1.54, 1.807) is 0 Å². The van der Waals surface area contributed by atoms with Crippen molar-refractivity contribution in [1.82, 2.24) is 10.2 Å². The Morgan fingerprint density at radius 1 is 1.33 bits per heavy atom. The summed E-state index contributed by atoms with van der Waals surface area (Å²) in [6.45, 7) is 5.47. The smallest absolute Gasteiger partial charge is 0.266 e. The maximum Gasteiger partial charge on any atom is 0.266 e. The topological polar surface area (TPSA) is 96.6 Å². The zero-order chi connectivity index (χ0) is 14.2. The van der Waals surface area contributed by atoms with Crippen LogP contribution in [0.1, 0.15) is 20.8 Å². The molecule has 0 heterocycles. The summed E-state index contributed by atoms with van der Waals surface area (Å²) in [6.07, 6.45) is 1.37. The third-order valence-corrected chi connectivity index (χ3v) is 2.03. The lowest BCUT2D eigenvalue weighted by molar-refractivity contribution is -0.127. The van der Waals surface area contributed by atoms with Gasteiger partial charge < -0.3 is 20.4 Å². The molecule has 0 atom stereocenters. The van der Waals surface area contributed by atoms with Crippen LogP contribution in [-0.2, 0) is 4.79 Å². The molecule has 0 saturated heterocycles. The minimum atomic E-state index is -0.502. The Kier molecular flexibility index (Phi) is 7.01. The summed E-state index contributed by atoms with van der Waals surface area (Å²) in [6, 6.07) is 1.82. The number of carbonyl (C=O) groups excluding carboxylic acids is 1. The maximum atomic E-state index is 11.9. The first-order valence-electron chi connectivity index (χ1n) is 5.74. The highest BCUT2D eigenvalue weighted by Crippen LogP contribution is 2.04. The monoisotopic (exact) mass is 255 g/mol. The molecule has 0 unspecified atom stereocenters. The third kappa shape index (κ3) is 6.23. The number of carbonyl (C=O) groups is 1. The van der Waals surface area contributed by atoms with Crippen molar-refractivity contribution in [1.29, 1.82) is 5.26 Å². The molecule has 0 saturated carbocycles. The number of nitrogens with zero attached hydrogens (tertiary/aromatic N) is 2. The van der Waals surface area contributed by atoms with E-state index in [1.807, 2.05) is 26.8 Å². The van der Waals surface area contributed by atoms with Crippen LogP contribution >= 0.6 is 0 Å². The van der Waals surface area contributed by atoms with Gasteiger partial charge >= 0.3 is 0 Å². The highest BCUT2D eigenvalue weighted by atomic mass is 16.3. The van der Waals surface area contributed by atoms with Crippen molar-refractivity contribution >= 4 is 5.91 Å². The van der Waals surface area contributed by atoms with Crippen molar-refractivity contribution in [3.8, 4) is 6.07 Å². The summed E-state index contributed by atoms with van der Waals surface area (Å²) in [5.41, 5.74) is -0.298. The van der Waals surface area contributed by atoms with Crippen molar-refractivity contribution in [2.75, 3.05) is 26.3 Å². The van der Waals surface area contributed by atoms with Gasteiger partial charge in [0.15, 0.2) is 0 Å². The fourth-order valence-electron chi connectivity index (χ4n) is 1.16. The van der Waals surface area contributed by atoms with E-state index in [9.17, 15) is 4.79 Å². The van der Waals surface area contributed by atoms with E-state index in [0.717, 1.165) is 0 Å². The SMILES string of the molecule is CC(C)(C)N/C=C(/C#N)C(=O)N(CCO)CCO. The summed E-state index contributed by atoms with van der Waals surface area (Å²) in [5.74, 6) is -0.502. The van der Waals surface area contributed by atoms with Gasteiger partial charge in [-0.15, -0.1) is 0 Å². The Bertz CT molecular complexity index is 333. The van der Waals surface area contributed by atoms with Crippen LogP contribution in [0.5, 0.6) is 0 Å². The first-order chi connectivity index (χ1) is 8.35. The lowest BCUT2D eigenvalue weighted by atomic mass is 10.1. The summed E-state index contributed by atoms with van der Waals surface area (Å²) in [4.78, 5) is 13.2. The van der Waals surface area contributed by atoms with Gasteiger partial charge in [0, 0.05) is 24.8 Å². The van der Waals surface area contributed by atoms with Crippen LogP contribution in [0.3, 0.4) is 0 Å². The molecule has 0 aliphatic heterocycles. The molecule has 6 heteroatoms. The number of aliphatic hydroxyl groups excluding tert-OH is 2. The Morgan fingerprint density at radius 2 is 1.83 bits per heavy atom. The Morgan fingerprint density at radius 3 is 2.17 bits per heavy atom. The highest BCUT2D eigenvalue weighted by Gasteiger charge is 2.18. The molecular formula is C12H21N3O3. The third-order valence-electron chi connectivity index (χ3n) is 2.03. The predicted octanol–water partition coefficient (Wildman–Crippen LogP) is -0.405. The van der Waals surface area contributed by atoms with E-state index >= 15 is 0 Å². The van der Waals surface area contributed by atoms with Crippen LogP contribution in [0.4, 0.5) is 0 Å². The van der Waals surface area contributed by atoms with Gasteiger partial charge in [0.2, 0.25) is 0 Å². The fraction of sp³-hybridized carbons (Fsp3) is 0.667. The molecule has 0 aromatic carbocycles. The number of rotatable bonds is 6. The molecule has 0 spiro atoms. The summed E-state index contributed by atoms with van der Waals surface area (Å²) < 4.78 is 0. The van der Waals surface area contributed by atoms with Crippen LogP contribution in [0.2, 0.25) is 0 Å². The molecule has 3 N–H and O–H groups in total. The number of nitriles is 1. The zero-order valence-corrected chi connectivity index (χ0v) is 11.1. The Hall–Kier alpha value is -1.58. The van der Waals surface area contributed by atoms with Crippen molar-refractivity contribution in [2.24, 2.45) is 0 Å². The van der Waals surface area contributed by atoms with E-state index in [-0.39, 0.29) is 37.4 Å².